The molecule has 0 aliphatic rings. The number of aryl methyl sites for hydroxylation is 1. The Morgan fingerprint density at radius 1 is 1.30 bits per heavy atom. The van der Waals surface area contributed by atoms with Gasteiger partial charge in [0, 0.05) is 17.7 Å². The molecule has 140 valence electrons. The van der Waals surface area contributed by atoms with Gasteiger partial charge in [-0.2, -0.15) is 5.10 Å². The second-order valence-corrected chi connectivity index (χ2v) is 8.52. The summed E-state index contributed by atoms with van der Waals surface area (Å²) in [7, 11) is 1.70. The number of furan rings is 1. The molecule has 0 fully saturated rings. The SMILES string of the molecule is Cn1cc(Cl)c(C(=O)/C=C/c2ccc(COc3c(Br)cc(Br)cc3Br)o2)n1. The Morgan fingerprint density at radius 3 is 2.63 bits per heavy atom. The third kappa shape index (κ3) is 5.13. The van der Waals surface area contributed by atoms with Crippen LogP contribution in [0.1, 0.15) is 22.0 Å². The van der Waals surface area contributed by atoms with Gasteiger partial charge >= 0.3 is 0 Å². The molecule has 0 atom stereocenters. The lowest BCUT2D eigenvalue weighted by molar-refractivity contribution is 0.104. The Balaban J connectivity index is 1.65. The van der Waals surface area contributed by atoms with Gasteiger partial charge in [0.1, 0.15) is 23.9 Å². The summed E-state index contributed by atoms with van der Waals surface area (Å²) in [6.07, 6.45) is 4.52. The fourth-order valence-electron chi connectivity index (χ4n) is 2.24. The van der Waals surface area contributed by atoms with Crippen molar-refractivity contribution in [3.8, 4) is 5.75 Å². The summed E-state index contributed by atoms with van der Waals surface area (Å²) in [5.74, 6) is 1.53. The Labute approximate surface area is 185 Å². The van der Waals surface area contributed by atoms with Crippen molar-refractivity contribution in [1.82, 2.24) is 9.78 Å². The van der Waals surface area contributed by atoms with E-state index >= 15 is 0 Å². The highest BCUT2D eigenvalue weighted by Gasteiger charge is 2.13. The van der Waals surface area contributed by atoms with Gasteiger partial charge in [0.2, 0.25) is 5.78 Å². The fraction of sp³-hybridized carbons (Fsp3) is 0.111. The number of hydrogen-bond donors (Lipinski definition) is 0. The first kappa shape index (κ1) is 20.4. The van der Waals surface area contributed by atoms with Gasteiger partial charge in [-0.05, 0) is 68.3 Å². The predicted molar refractivity (Wildman–Crippen MR) is 114 cm³/mol. The molecule has 9 heteroatoms. The molecule has 0 radical (unpaired) electrons. The van der Waals surface area contributed by atoms with E-state index in [0.717, 1.165) is 13.4 Å². The van der Waals surface area contributed by atoms with Crippen LogP contribution in [-0.2, 0) is 13.7 Å². The van der Waals surface area contributed by atoms with Gasteiger partial charge < -0.3 is 9.15 Å². The maximum atomic E-state index is 12.1. The molecule has 0 bridgehead atoms. The van der Waals surface area contributed by atoms with E-state index in [9.17, 15) is 4.79 Å². The Hall–Kier alpha value is -1.35. The number of allylic oxidation sites excluding steroid dienone is 1. The molecule has 0 N–H and O–H groups in total. The molecule has 0 amide bonds. The largest absolute Gasteiger partial charge is 0.483 e. The van der Waals surface area contributed by atoms with Crippen molar-refractivity contribution in [1.29, 1.82) is 0 Å². The van der Waals surface area contributed by atoms with Crippen LogP contribution in [0, 0.1) is 0 Å². The number of aromatic nitrogens is 2. The lowest BCUT2D eigenvalue weighted by atomic mass is 10.2. The number of hydrogen-bond acceptors (Lipinski definition) is 4. The molecule has 2 aromatic heterocycles. The number of carbonyl (C=O) groups is 1. The molecule has 1 aromatic carbocycles. The van der Waals surface area contributed by atoms with Gasteiger partial charge in [-0.25, -0.2) is 0 Å². The van der Waals surface area contributed by atoms with E-state index in [1.807, 2.05) is 12.1 Å². The lowest BCUT2D eigenvalue weighted by Crippen LogP contribution is -1.98. The second-order valence-electron chi connectivity index (χ2n) is 5.49. The zero-order valence-electron chi connectivity index (χ0n) is 13.9. The number of benzene rings is 1. The molecule has 3 aromatic rings. The summed E-state index contributed by atoms with van der Waals surface area (Å²) >= 11 is 16.3. The zero-order valence-corrected chi connectivity index (χ0v) is 19.4. The van der Waals surface area contributed by atoms with Crippen LogP contribution in [0.4, 0.5) is 0 Å². The summed E-state index contributed by atoms with van der Waals surface area (Å²) in [6.45, 7) is 0.243. The molecular formula is C18H12Br3ClN2O3. The van der Waals surface area contributed by atoms with Gasteiger partial charge in [0.05, 0.1) is 14.0 Å². The van der Waals surface area contributed by atoms with E-state index in [2.05, 4.69) is 52.9 Å². The standard InChI is InChI=1S/C18H12Br3ClN2O3/c1-24-8-15(22)17(23-24)16(25)5-4-11-2-3-12(27-11)9-26-18-13(20)6-10(19)7-14(18)21/h2-8H,9H2,1H3/b5-4+. The third-order valence-electron chi connectivity index (χ3n) is 3.42. The lowest BCUT2D eigenvalue weighted by Gasteiger charge is -2.09. The Kier molecular flexibility index (Phi) is 6.62. The average molecular weight is 579 g/mol. The average Bonchev–Trinajstić information content (AvgIpc) is 3.17. The van der Waals surface area contributed by atoms with Crippen LogP contribution in [0.3, 0.4) is 0 Å². The van der Waals surface area contributed by atoms with Gasteiger partial charge in [-0.1, -0.05) is 27.5 Å². The monoisotopic (exact) mass is 576 g/mol. The minimum atomic E-state index is -0.294. The van der Waals surface area contributed by atoms with Crippen molar-refractivity contribution < 1.29 is 13.9 Å². The number of ketones is 1. The summed E-state index contributed by atoms with van der Waals surface area (Å²) in [6, 6.07) is 7.34. The summed E-state index contributed by atoms with van der Waals surface area (Å²) in [5.41, 5.74) is 0.204. The van der Waals surface area contributed by atoms with Crippen LogP contribution in [-0.4, -0.2) is 15.6 Å². The van der Waals surface area contributed by atoms with Crippen LogP contribution in [0.2, 0.25) is 5.02 Å². The van der Waals surface area contributed by atoms with Crippen molar-refractivity contribution in [2.24, 2.45) is 7.05 Å². The Morgan fingerprint density at radius 2 is 2.00 bits per heavy atom. The van der Waals surface area contributed by atoms with Crippen molar-refractivity contribution in [3.05, 3.63) is 72.2 Å². The van der Waals surface area contributed by atoms with E-state index in [1.165, 1.54) is 10.8 Å². The predicted octanol–water partition coefficient (Wildman–Crippen LogP) is 6.43. The first-order valence-electron chi connectivity index (χ1n) is 7.61. The van der Waals surface area contributed by atoms with Crippen molar-refractivity contribution >= 4 is 71.3 Å². The summed E-state index contributed by atoms with van der Waals surface area (Å²) in [4.78, 5) is 12.1. The van der Waals surface area contributed by atoms with Crippen molar-refractivity contribution in [3.63, 3.8) is 0 Å². The first-order chi connectivity index (χ1) is 12.8. The summed E-state index contributed by atoms with van der Waals surface area (Å²) in [5, 5.41) is 4.35. The van der Waals surface area contributed by atoms with Crippen LogP contribution in [0.25, 0.3) is 6.08 Å². The molecule has 0 saturated carbocycles. The van der Waals surface area contributed by atoms with Crippen LogP contribution in [0.15, 0.2) is 54.4 Å². The van der Waals surface area contributed by atoms with E-state index in [0.29, 0.717) is 22.3 Å². The van der Waals surface area contributed by atoms with Gasteiger partial charge in [-0.3, -0.25) is 9.48 Å². The highest BCUT2D eigenvalue weighted by molar-refractivity contribution is 9.11. The highest BCUT2D eigenvalue weighted by atomic mass is 79.9. The van der Waals surface area contributed by atoms with Gasteiger partial charge in [0.15, 0.2) is 5.69 Å². The highest BCUT2D eigenvalue weighted by Crippen LogP contribution is 2.36. The quantitative estimate of drug-likeness (QED) is 0.250. The molecule has 0 unspecified atom stereocenters. The second kappa shape index (κ2) is 8.77. The summed E-state index contributed by atoms with van der Waals surface area (Å²) < 4.78 is 15.5. The Bertz CT molecular complexity index is 1000. The molecule has 5 nitrogen and oxygen atoms in total. The molecular weight excluding hydrogens is 567 g/mol. The first-order valence-corrected chi connectivity index (χ1v) is 10.4. The van der Waals surface area contributed by atoms with E-state index in [1.54, 1.807) is 31.5 Å². The van der Waals surface area contributed by atoms with E-state index in [4.69, 9.17) is 20.8 Å². The van der Waals surface area contributed by atoms with E-state index in [-0.39, 0.29) is 18.1 Å². The van der Waals surface area contributed by atoms with Crippen LogP contribution in [0.5, 0.6) is 5.75 Å². The van der Waals surface area contributed by atoms with E-state index < -0.39 is 0 Å². The fourth-order valence-corrected chi connectivity index (χ4v) is 4.99. The minimum Gasteiger partial charge on any atom is -0.483 e. The number of carbonyl (C=O) groups excluding carboxylic acids is 1. The molecule has 0 aliphatic carbocycles. The molecule has 0 saturated heterocycles. The maximum absolute atomic E-state index is 12.1. The minimum absolute atomic E-state index is 0.204. The number of ether oxygens (including phenoxy) is 1. The normalized spacial score (nSPS) is 11.3. The van der Waals surface area contributed by atoms with Crippen LogP contribution < -0.4 is 4.74 Å². The molecule has 0 aliphatic heterocycles. The number of rotatable bonds is 6. The maximum Gasteiger partial charge on any atom is 0.207 e. The smallest absolute Gasteiger partial charge is 0.207 e. The van der Waals surface area contributed by atoms with Crippen molar-refractivity contribution in [2.45, 2.75) is 6.61 Å². The number of nitrogens with zero attached hydrogens (tertiary/aromatic N) is 2. The third-order valence-corrected chi connectivity index (χ3v) is 5.33. The molecule has 27 heavy (non-hydrogen) atoms. The molecule has 0 spiro atoms. The van der Waals surface area contributed by atoms with Gasteiger partial charge in [-0.15, -0.1) is 0 Å². The molecule has 3 rings (SSSR count). The van der Waals surface area contributed by atoms with Crippen molar-refractivity contribution in [2.75, 3.05) is 0 Å². The zero-order chi connectivity index (χ0) is 19.6. The number of halogens is 4. The van der Waals surface area contributed by atoms with Gasteiger partial charge in [0.25, 0.3) is 0 Å². The molecule has 2 heterocycles. The van der Waals surface area contributed by atoms with Crippen LogP contribution >= 0.6 is 59.4 Å². The topological polar surface area (TPSA) is 57.3 Å².